The van der Waals surface area contributed by atoms with Crippen LogP contribution in [0.25, 0.3) is 0 Å². The Labute approximate surface area is 193 Å². The van der Waals surface area contributed by atoms with Crippen molar-refractivity contribution in [3.8, 4) is 0 Å². The molecule has 1 heterocycles. The van der Waals surface area contributed by atoms with E-state index < -0.39 is 15.9 Å². The van der Waals surface area contributed by atoms with E-state index in [4.69, 9.17) is 23.2 Å². The van der Waals surface area contributed by atoms with Crippen molar-refractivity contribution in [1.82, 2.24) is 14.9 Å². The zero-order valence-electron chi connectivity index (χ0n) is 17.0. The number of hydrogen-bond donors (Lipinski definition) is 2. The highest BCUT2D eigenvalue weighted by Gasteiger charge is 2.31. The van der Waals surface area contributed by atoms with Gasteiger partial charge in [-0.2, -0.15) is 0 Å². The van der Waals surface area contributed by atoms with E-state index in [0.717, 1.165) is 44.3 Å². The molecular formula is C22H25Cl2N3O3S. The van der Waals surface area contributed by atoms with E-state index in [0.29, 0.717) is 6.54 Å². The monoisotopic (exact) mass is 481 g/mol. The molecule has 2 aromatic rings. The van der Waals surface area contributed by atoms with Crippen LogP contribution in [0.15, 0.2) is 47.4 Å². The molecule has 1 saturated carbocycles. The van der Waals surface area contributed by atoms with Crippen molar-refractivity contribution in [3.63, 3.8) is 0 Å². The van der Waals surface area contributed by atoms with E-state index in [9.17, 15) is 13.2 Å². The van der Waals surface area contributed by atoms with Crippen LogP contribution >= 0.6 is 23.2 Å². The van der Waals surface area contributed by atoms with Crippen LogP contribution in [-0.2, 0) is 10.0 Å². The minimum absolute atomic E-state index is 0.00562. The number of halogens is 2. The lowest BCUT2D eigenvalue weighted by Gasteiger charge is -2.28. The molecular weight excluding hydrogens is 457 g/mol. The molecule has 6 nitrogen and oxygen atoms in total. The number of likely N-dealkylation sites (tertiary alicyclic amines) is 1. The quantitative estimate of drug-likeness (QED) is 0.596. The third-order valence-corrected chi connectivity index (χ3v) is 7.97. The molecule has 1 amide bonds. The largest absolute Gasteiger partial charge is 0.350 e. The van der Waals surface area contributed by atoms with Crippen LogP contribution in [0.2, 0.25) is 10.0 Å². The van der Waals surface area contributed by atoms with E-state index >= 15 is 0 Å². The van der Waals surface area contributed by atoms with Gasteiger partial charge in [0, 0.05) is 12.6 Å². The highest BCUT2D eigenvalue weighted by atomic mass is 35.5. The standard InChI is InChI=1S/C22H25Cl2N3O3S/c23-18-13-19(24)21(31(29,30)26-16-8-9-16)12-17(18)22(28)25-14-20(27-10-4-5-11-27)15-6-2-1-3-7-15/h1-3,6-7,12-13,16,20,26H,4-5,8-11,14H2,(H,25,28)/t20-/m0/s1. The fourth-order valence-corrected chi connectivity index (χ4v) is 6.03. The molecule has 0 spiro atoms. The van der Waals surface area contributed by atoms with Crippen molar-refractivity contribution in [2.24, 2.45) is 0 Å². The zero-order valence-corrected chi connectivity index (χ0v) is 19.3. The van der Waals surface area contributed by atoms with Gasteiger partial charge in [0.1, 0.15) is 4.90 Å². The molecule has 1 aliphatic carbocycles. The first kappa shape index (κ1) is 22.6. The van der Waals surface area contributed by atoms with Gasteiger partial charge in [-0.05, 0) is 56.5 Å². The average molecular weight is 482 g/mol. The summed E-state index contributed by atoms with van der Waals surface area (Å²) in [7, 11) is -3.82. The second kappa shape index (κ2) is 9.46. The molecule has 31 heavy (non-hydrogen) atoms. The van der Waals surface area contributed by atoms with E-state index in [1.165, 1.54) is 12.1 Å². The van der Waals surface area contributed by atoms with E-state index in [1.807, 2.05) is 18.2 Å². The first-order chi connectivity index (χ1) is 14.8. The summed E-state index contributed by atoms with van der Waals surface area (Å²) in [5.74, 6) is -0.426. The molecule has 4 rings (SSSR count). The fourth-order valence-electron chi connectivity index (χ4n) is 3.86. The van der Waals surface area contributed by atoms with Gasteiger partial charge >= 0.3 is 0 Å². The van der Waals surface area contributed by atoms with Crippen LogP contribution < -0.4 is 10.0 Å². The van der Waals surface area contributed by atoms with E-state index in [1.54, 1.807) is 0 Å². The second-order valence-electron chi connectivity index (χ2n) is 8.04. The number of nitrogens with zero attached hydrogens (tertiary/aromatic N) is 1. The van der Waals surface area contributed by atoms with Gasteiger partial charge < -0.3 is 5.32 Å². The average Bonchev–Trinajstić information content (AvgIpc) is 3.36. The Morgan fingerprint density at radius 2 is 1.74 bits per heavy atom. The smallest absolute Gasteiger partial charge is 0.252 e. The van der Waals surface area contributed by atoms with E-state index in [2.05, 4.69) is 27.1 Å². The van der Waals surface area contributed by atoms with Crippen molar-refractivity contribution in [1.29, 1.82) is 0 Å². The van der Waals surface area contributed by atoms with Gasteiger partial charge in [-0.1, -0.05) is 53.5 Å². The van der Waals surface area contributed by atoms with Gasteiger partial charge in [-0.25, -0.2) is 13.1 Å². The van der Waals surface area contributed by atoms with Gasteiger partial charge in [-0.3, -0.25) is 9.69 Å². The topological polar surface area (TPSA) is 78.5 Å². The minimum atomic E-state index is -3.82. The third kappa shape index (κ3) is 5.41. The number of rotatable bonds is 8. The molecule has 2 N–H and O–H groups in total. The van der Waals surface area contributed by atoms with Crippen LogP contribution in [-0.4, -0.2) is 44.9 Å². The number of benzene rings is 2. The van der Waals surface area contributed by atoms with Crippen molar-refractivity contribution in [3.05, 3.63) is 63.6 Å². The second-order valence-corrected chi connectivity index (χ2v) is 10.5. The first-order valence-electron chi connectivity index (χ1n) is 10.4. The van der Waals surface area contributed by atoms with Crippen molar-refractivity contribution in [2.75, 3.05) is 19.6 Å². The number of nitrogens with one attached hydrogen (secondary N) is 2. The van der Waals surface area contributed by atoms with Crippen LogP contribution in [0.5, 0.6) is 0 Å². The van der Waals surface area contributed by atoms with Crippen LogP contribution in [0, 0.1) is 0 Å². The van der Waals surface area contributed by atoms with Crippen molar-refractivity contribution in [2.45, 2.75) is 42.7 Å². The molecule has 9 heteroatoms. The lowest BCUT2D eigenvalue weighted by molar-refractivity contribution is 0.0938. The number of amides is 1. The molecule has 0 radical (unpaired) electrons. The minimum Gasteiger partial charge on any atom is -0.350 e. The molecule has 1 atom stereocenters. The molecule has 2 aromatic carbocycles. The number of hydrogen-bond acceptors (Lipinski definition) is 4. The molecule has 2 fully saturated rings. The normalized spacial score (nSPS) is 18.1. The molecule has 0 aromatic heterocycles. The maximum atomic E-state index is 13.0. The van der Waals surface area contributed by atoms with Crippen LogP contribution in [0.3, 0.4) is 0 Å². The third-order valence-electron chi connectivity index (χ3n) is 5.68. The predicted octanol–water partition coefficient (Wildman–Crippen LogP) is 4.00. The van der Waals surface area contributed by atoms with E-state index in [-0.39, 0.29) is 32.6 Å². The summed E-state index contributed by atoms with van der Waals surface area (Å²) >= 11 is 12.4. The van der Waals surface area contributed by atoms with Gasteiger partial charge in [0.05, 0.1) is 21.7 Å². The summed E-state index contributed by atoms with van der Waals surface area (Å²) in [6.07, 6.45) is 3.87. The van der Waals surface area contributed by atoms with Gasteiger partial charge in [0.2, 0.25) is 10.0 Å². The number of carbonyl (C=O) groups is 1. The molecule has 0 unspecified atom stereocenters. The predicted molar refractivity (Wildman–Crippen MR) is 122 cm³/mol. The Morgan fingerprint density at radius 3 is 2.39 bits per heavy atom. The Balaban J connectivity index is 1.54. The van der Waals surface area contributed by atoms with Gasteiger partial charge in [0.15, 0.2) is 0 Å². The summed E-state index contributed by atoms with van der Waals surface area (Å²) in [6.45, 7) is 2.35. The van der Waals surface area contributed by atoms with Gasteiger partial charge in [0.25, 0.3) is 5.91 Å². The summed E-state index contributed by atoms with van der Waals surface area (Å²) in [6, 6.07) is 12.6. The maximum absolute atomic E-state index is 13.0. The highest BCUT2D eigenvalue weighted by molar-refractivity contribution is 7.89. The molecule has 1 aliphatic heterocycles. The summed E-state index contributed by atoms with van der Waals surface area (Å²) in [4.78, 5) is 15.2. The summed E-state index contributed by atoms with van der Waals surface area (Å²) in [5, 5.41) is 3.05. The molecule has 1 saturated heterocycles. The lowest BCUT2D eigenvalue weighted by Crippen LogP contribution is -2.37. The Bertz CT molecular complexity index is 1050. The SMILES string of the molecule is O=C(NC[C@@H](c1ccccc1)N1CCCC1)c1cc(S(=O)(=O)NC2CC2)c(Cl)cc1Cl. The van der Waals surface area contributed by atoms with Crippen LogP contribution in [0.4, 0.5) is 0 Å². The molecule has 166 valence electrons. The van der Waals surface area contributed by atoms with Crippen LogP contribution in [0.1, 0.15) is 47.6 Å². The molecule has 0 bridgehead atoms. The maximum Gasteiger partial charge on any atom is 0.252 e. The Hall–Kier alpha value is -1.64. The van der Waals surface area contributed by atoms with Crippen molar-refractivity contribution < 1.29 is 13.2 Å². The fraction of sp³-hybridized carbons (Fsp3) is 0.409. The molecule has 2 aliphatic rings. The summed E-state index contributed by atoms with van der Waals surface area (Å²) in [5.41, 5.74) is 1.22. The van der Waals surface area contributed by atoms with Crippen molar-refractivity contribution >= 4 is 39.1 Å². The lowest BCUT2D eigenvalue weighted by atomic mass is 10.1. The highest BCUT2D eigenvalue weighted by Crippen LogP contribution is 2.31. The zero-order chi connectivity index (χ0) is 22.0. The Kier molecular flexibility index (Phi) is 6.89. The number of sulfonamides is 1. The van der Waals surface area contributed by atoms with Gasteiger partial charge in [-0.15, -0.1) is 0 Å². The summed E-state index contributed by atoms with van der Waals surface area (Å²) < 4.78 is 27.9. The Morgan fingerprint density at radius 1 is 1.06 bits per heavy atom. The number of carbonyl (C=O) groups excluding carboxylic acids is 1. The first-order valence-corrected chi connectivity index (χ1v) is 12.7.